The van der Waals surface area contributed by atoms with Crippen LogP contribution >= 0.6 is 0 Å². The van der Waals surface area contributed by atoms with Gasteiger partial charge in [0.1, 0.15) is 6.04 Å². The fourth-order valence-corrected chi connectivity index (χ4v) is 2.36. The predicted octanol–water partition coefficient (Wildman–Crippen LogP) is 2.73. The van der Waals surface area contributed by atoms with Gasteiger partial charge in [-0.15, -0.1) is 0 Å². The van der Waals surface area contributed by atoms with Crippen molar-refractivity contribution in [1.29, 1.82) is 0 Å². The molecule has 152 valence electrons. The molecule has 0 fully saturated rings. The van der Waals surface area contributed by atoms with Gasteiger partial charge in [0.2, 0.25) is 6.41 Å². The van der Waals surface area contributed by atoms with Gasteiger partial charge < -0.3 is 10.4 Å². The van der Waals surface area contributed by atoms with Crippen LogP contribution in [0.25, 0.3) is 0 Å². The van der Waals surface area contributed by atoms with E-state index < -0.39 is 42.3 Å². The first-order valence-corrected chi connectivity index (χ1v) is 8.37. The Balaban J connectivity index is 2.98. The highest BCUT2D eigenvalue weighted by molar-refractivity contribution is 5.82. The van der Waals surface area contributed by atoms with Gasteiger partial charge in [-0.05, 0) is 33.3 Å². The van der Waals surface area contributed by atoms with Gasteiger partial charge in [-0.25, -0.2) is 5.06 Å². The molecule has 0 saturated heterocycles. The highest BCUT2D eigenvalue weighted by Crippen LogP contribution is 2.27. The molecule has 9 heteroatoms. The second-order valence-corrected chi connectivity index (χ2v) is 7.14. The van der Waals surface area contributed by atoms with E-state index in [9.17, 15) is 27.9 Å². The Kier molecular flexibility index (Phi) is 7.79. The maximum Gasteiger partial charge on any atom is 0.391 e. The van der Waals surface area contributed by atoms with Crippen LogP contribution in [0, 0.1) is 0 Å². The summed E-state index contributed by atoms with van der Waals surface area (Å²) in [6, 6.07) is 6.24. The molecule has 1 rings (SSSR count). The fraction of sp³-hybridized carbons (Fsp3) is 0.556. The molecule has 27 heavy (non-hydrogen) atoms. The van der Waals surface area contributed by atoms with Gasteiger partial charge in [0.05, 0.1) is 18.1 Å². The number of carbonyl (C=O) groups is 2. The molecule has 0 aromatic heterocycles. The standard InChI is InChI=1S/C18H25F3N2O4/c1-12(13-8-6-5-7-9-13)22-16(26)15(25)14(10-18(19,20)21)23(11-24)27-17(2,3)4/h5-9,11-12,14-15,25H,10H2,1-4H3,(H,22,26)/t12-,14?,15?/m0/s1. The lowest BCUT2D eigenvalue weighted by atomic mass is 10.0. The van der Waals surface area contributed by atoms with Crippen LogP contribution in [0.5, 0.6) is 0 Å². The summed E-state index contributed by atoms with van der Waals surface area (Å²) in [5, 5.41) is 13.0. The van der Waals surface area contributed by atoms with Crippen LogP contribution in [0.3, 0.4) is 0 Å². The van der Waals surface area contributed by atoms with Gasteiger partial charge in [-0.3, -0.25) is 14.4 Å². The van der Waals surface area contributed by atoms with E-state index in [0.717, 1.165) is 0 Å². The number of hydroxylamine groups is 2. The number of carbonyl (C=O) groups excluding carboxylic acids is 2. The molecular formula is C18H25F3N2O4. The molecule has 2 amide bonds. The molecule has 0 aliphatic carbocycles. The summed E-state index contributed by atoms with van der Waals surface area (Å²) in [5.74, 6) is -1.04. The van der Waals surface area contributed by atoms with Gasteiger partial charge in [0, 0.05) is 0 Å². The van der Waals surface area contributed by atoms with Crippen LogP contribution in [0.15, 0.2) is 30.3 Å². The normalized spacial score (nSPS) is 15.6. The molecule has 1 aromatic rings. The largest absolute Gasteiger partial charge is 0.391 e. The summed E-state index contributed by atoms with van der Waals surface area (Å²) in [6.45, 7) is 6.20. The molecule has 1 aromatic carbocycles. The van der Waals surface area contributed by atoms with E-state index in [4.69, 9.17) is 4.84 Å². The van der Waals surface area contributed by atoms with Gasteiger partial charge in [-0.1, -0.05) is 30.3 Å². The number of nitrogens with zero attached hydrogens (tertiary/aromatic N) is 1. The van der Waals surface area contributed by atoms with E-state index >= 15 is 0 Å². The number of aliphatic hydroxyl groups excluding tert-OH is 1. The molecule has 0 spiro atoms. The minimum absolute atomic E-state index is 0.0266. The van der Waals surface area contributed by atoms with Crippen molar-refractivity contribution in [2.75, 3.05) is 0 Å². The molecule has 0 saturated carbocycles. The molecule has 2 unspecified atom stereocenters. The first-order chi connectivity index (χ1) is 12.3. The molecule has 0 aliphatic heterocycles. The monoisotopic (exact) mass is 390 g/mol. The molecule has 0 aliphatic rings. The Morgan fingerprint density at radius 1 is 1.26 bits per heavy atom. The number of aliphatic hydroxyl groups is 1. The van der Waals surface area contributed by atoms with E-state index in [-0.39, 0.29) is 6.41 Å². The first-order valence-electron chi connectivity index (χ1n) is 8.37. The van der Waals surface area contributed by atoms with E-state index in [1.807, 2.05) is 0 Å². The summed E-state index contributed by atoms with van der Waals surface area (Å²) < 4.78 is 38.8. The maximum absolute atomic E-state index is 12.9. The van der Waals surface area contributed by atoms with Crippen molar-refractivity contribution in [3.8, 4) is 0 Å². The lowest BCUT2D eigenvalue weighted by molar-refractivity contribution is -0.257. The van der Waals surface area contributed by atoms with Crippen LogP contribution in [-0.4, -0.2) is 46.4 Å². The minimum atomic E-state index is -4.72. The van der Waals surface area contributed by atoms with E-state index in [1.165, 1.54) is 20.8 Å². The van der Waals surface area contributed by atoms with Crippen molar-refractivity contribution in [1.82, 2.24) is 10.4 Å². The molecule has 0 heterocycles. The minimum Gasteiger partial charge on any atom is -0.381 e. The molecule has 0 bridgehead atoms. The second kappa shape index (κ2) is 9.18. The summed E-state index contributed by atoms with van der Waals surface area (Å²) >= 11 is 0. The zero-order valence-corrected chi connectivity index (χ0v) is 15.7. The Hall–Kier alpha value is -2.13. The number of rotatable bonds is 8. The average Bonchev–Trinajstić information content (AvgIpc) is 2.56. The SMILES string of the molecule is C[C@H](NC(=O)C(O)C(CC(F)(F)F)N(C=O)OC(C)(C)C)c1ccccc1. The zero-order valence-electron chi connectivity index (χ0n) is 15.7. The smallest absolute Gasteiger partial charge is 0.381 e. The number of halogens is 3. The molecule has 2 N–H and O–H groups in total. The van der Waals surface area contributed by atoms with Crippen molar-refractivity contribution in [3.63, 3.8) is 0 Å². The van der Waals surface area contributed by atoms with E-state index in [0.29, 0.717) is 10.6 Å². The zero-order chi connectivity index (χ0) is 20.8. The number of hydrogen-bond donors (Lipinski definition) is 2. The Morgan fingerprint density at radius 3 is 2.26 bits per heavy atom. The Morgan fingerprint density at radius 2 is 1.81 bits per heavy atom. The highest BCUT2D eigenvalue weighted by Gasteiger charge is 2.42. The van der Waals surface area contributed by atoms with Crippen LogP contribution in [0.2, 0.25) is 0 Å². The highest BCUT2D eigenvalue weighted by atomic mass is 19.4. The van der Waals surface area contributed by atoms with Crippen LogP contribution in [0.4, 0.5) is 13.2 Å². The number of hydrogen-bond acceptors (Lipinski definition) is 4. The van der Waals surface area contributed by atoms with E-state index in [1.54, 1.807) is 37.3 Å². The first kappa shape index (κ1) is 22.9. The van der Waals surface area contributed by atoms with Gasteiger partial charge >= 0.3 is 6.18 Å². The summed E-state index contributed by atoms with van der Waals surface area (Å²) in [7, 11) is 0. The maximum atomic E-state index is 12.9. The molecule has 3 atom stereocenters. The fourth-order valence-electron chi connectivity index (χ4n) is 2.36. The van der Waals surface area contributed by atoms with Crippen molar-refractivity contribution < 1.29 is 32.7 Å². The third-order valence-electron chi connectivity index (χ3n) is 3.54. The van der Waals surface area contributed by atoms with Crippen LogP contribution in [-0.2, 0) is 14.4 Å². The third-order valence-corrected chi connectivity index (χ3v) is 3.54. The number of amides is 2. The Labute approximate surface area is 156 Å². The average molecular weight is 390 g/mol. The molecule has 0 radical (unpaired) electrons. The summed E-state index contributed by atoms with van der Waals surface area (Å²) in [5.41, 5.74) is -0.290. The lowest BCUT2D eigenvalue weighted by Crippen LogP contribution is -2.53. The third kappa shape index (κ3) is 7.96. The van der Waals surface area contributed by atoms with E-state index in [2.05, 4.69) is 5.32 Å². The number of alkyl halides is 3. The number of benzene rings is 1. The quantitative estimate of drug-likeness (QED) is 0.529. The number of nitrogens with one attached hydrogen (secondary N) is 1. The summed E-state index contributed by atoms with van der Waals surface area (Å²) in [6.07, 6.45) is -8.43. The Bertz CT molecular complexity index is 617. The van der Waals surface area contributed by atoms with Gasteiger partial charge in [0.25, 0.3) is 5.91 Å². The summed E-state index contributed by atoms with van der Waals surface area (Å²) in [4.78, 5) is 28.8. The van der Waals surface area contributed by atoms with Gasteiger partial charge in [0.15, 0.2) is 6.10 Å². The second-order valence-electron chi connectivity index (χ2n) is 7.14. The molecular weight excluding hydrogens is 365 g/mol. The molecule has 6 nitrogen and oxygen atoms in total. The predicted molar refractivity (Wildman–Crippen MR) is 92.2 cm³/mol. The van der Waals surface area contributed by atoms with Crippen molar-refractivity contribution in [3.05, 3.63) is 35.9 Å². The van der Waals surface area contributed by atoms with Crippen molar-refractivity contribution >= 4 is 12.3 Å². The van der Waals surface area contributed by atoms with Crippen molar-refractivity contribution in [2.24, 2.45) is 0 Å². The van der Waals surface area contributed by atoms with Crippen LogP contribution < -0.4 is 5.32 Å². The van der Waals surface area contributed by atoms with Crippen molar-refractivity contribution in [2.45, 2.75) is 64.1 Å². The lowest BCUT2D eigenvalue weighted by Gasteiger charge is -2.35. The van der Waals surface area contributed by atoms with Crippen LogP contribution in [0.1, 0.15) is 45.7 Å². The topological polar surface area (TPSA) is 78.9 Å². The van der Waals surface area contributed by atoms with Gasteiger partial charge in [-0.2, -0.15) is 13.2 Å².